The molecule has 1 aromatic heterocycles. The summed E-state index contributed by atoms with van der Waals surface area (Å²) in [6.07, 6.45) is 4.62. The molecule has 1 aliphatic rings. The summed E-state index contributed by atoms with van der Waals surface area (Å²) < 4.78 is 5.50. The van der Waals surface area contributed by atoms with Crippen LogP contribution in [-0.4, -0.2) is 29.9 Å². The van der Waals surface area contributed by atoms with Crippen LogP contribution in [0.3, 0.4) is 0 Å². The Balaban J connectivity index is 2.22. The predicted octanol–water partition coefficient (Wildman–Crippen LogP) is 2.88. The molecule has 112 valence electrons. The molecule has 20 heavy (non-hydrogen) atoms. The number of furan rings is 1. The molecule has 1 amide bonds. The van der Waals surface area contributed by atoms with Crippen LogP contribution in [0, 0.1) is 19.8 Å². The van der Waals surface area contributed by atoms with Gasteiger partial charge in [0.2, 0.25) is 0 Å². The SMILES string of the molecule is CCN(C(=O)c1cc(C)oc1C)C1CCCCC1CN. The van der Waals surface area contributed by atoms with E-state index in [9.17, 15) is 4.79 Å². The van der Waals surface area contributed by atoms with Crippen LogP contribution in [0.1, 0.15) is 54.5 Å². The molecular weight excluding hydrogens is 252 g/mol. The number of aryl methyl sites for hydroxylation is 2. The van der Waals surface area contributed by atoms with Crippen LogP contribution in [0.15, 0.2) is 10.5 Å². The average molecular weight is 278 g/mol. The van der Waals surface area contributed by atoms with Gasteiger partial charge in [0.05, 0.1) is 5.56 Å². The van der Waals surface area contributed by atoms with Crippen LogP contribution >= 0.6 is 0 Å². The van der Waals surface area contributed by atoms with E-state index in [0.717, 1.165) is 25.1 Å². The van der Waals surface area contributed by atoms with Gasteiger partial charge in [-0.3, -0.25) is 4.79 Å². The Labute approximate surface area is 121 Å². The lowest BCUT2D eigenvalue weighted by atomic mass is 9.83. The molecule has 4 nitrogen and oxygen atoms in total. The first-order valence-electron chi connectivity index (χ1n) is 7.66. The molecule has 4 heteroatoms. The van der Waals surface area contributed by atoms with Crippen molar-refractivity contribution in [3.63, 3.8) is 0 Å². The van der Waals surface area contributed by atoms with Crippen molar-refractivity contribution < 1.29 is 9.21 Å². The molecule has 2 rings (SSSR count). The molecular formula is C16H26N2O2. The van der Waals surface area contributed by atoms with Gasteiger partial charge < -0.3 is 15.1 Å². The molecule has 1 fully saturated rings. The number of carbonyl (C=O) groups is 1. The Morgan fingerprint density at radius 1 is 1.40 bits per heavy atom. The largest absolute Gasteiger partial charge is 0.466 e. The summed E-state index contributed by atoms with van der Waals surface area (Å²) in [4.78, 5) is 14.8. The Hall–Kier alpha value is -1.29. The maximum Gasteiger partial charge on any atom is 0.257 e. The third-order valence-electron chi connectivity index (χ3n) is 4.44. The fourth-order valence-corrected chi connectivity index (χ4v) is 3.40. The Morgan fingerprint density at radius 2 is 2.10 bits per heavy atom. The minimum absolute atomic E-state index is 0.0900. The number of amides is 1. The first-order chi connectivity index (χ1) is 9.58. The Bertz CT molecular complexity index is 467. The van der Waals surface area contributed by atoms with Crippen molar-refractivity contribution in [3.05, 3.63) is 23.2 Å². The van der Waals surface area contributed by atoms with E-state index in [-0.39, 0.29) is 11.9 Å². The number of nitrogens with zero attached hydrogens (tertiary/aromatic N) is 1. The van der Waals surface area contributed by atoms with Crippen molar-refractivity contribution in [1.29, 1.82) is 0 Å². The van der Waals surface area contributed by atoms with Gasteiger partial charge in [-0.2, -0.15) is 0 Å². The number of rotatable bonds is 4. The molecule has 1 saturated carbocycles. The summed E-state index contributed by atoms with van der Waals surface area (Å²) in [5.74, 6) is 2.03. The maximum absolute atomic E-state index is 12.8. The summed E-state index contributed by atoms with van der Waals surface area (Å²) in [7, 11) is 0. The molecule has 1 aromatic rings. The fraction of sp³-hybridized carbons (Fsp3) is 0.688. The van der Waals surface area contributed by atoms with Crippen LogP contribution in [0.2, 0.25) is 0 Å². The second-order valence-corrected chi connectivity index (χ2v) is 5.77. The monoisotopic (exact) mass is 278 g/mol. The summed E-state index contributed by atoms with van der Waals surface area (Å²) in [5.41, 5.74) is 6.60. The molecule has 2 atom stereocenters. The van der Waals surface area contributed by atoms with Gasteiger partial charge in [-0.1, -0.05) is 12.8 Å². The highest BCUT2D eigenvalue weighted by atomic mass is 16.3. The Morgan fingerprint density at radius 3 is 2.65 bits per heavy atom. The van der Waals surface area contributed by atoms with Crippen molar-refractivity contribution in [2.75, 3.05) is 13.1 Å². The summed E-state index contributed by atoms with van der Waals surface area (Å²) in [6.45, 7) is 7.17. The van der Waals surface area contributed by atoms with E-state index in [4.69, 9.17) is 10.2 Å². The minimum Gasteiger partial charge on any atom is -0.466 e. The summed E-state index contributed by atoms with van der Waals surface area (Å²) >= 11 is 0. The van der Waals surface area contributed by atoms with Gasteiger partial charge in [0.1, 0.15) is 11.5 Å². The van der Waals surface area contributed by atoms with Crippen molar-refractivity contribution in [3.8, 4) is 0 Å². The third-order valence-corrected chi connectivity index (χ3v) is 4.44. The lowest BCUT2D eigenvalue weighted by Crippen LogP contribution is -2.48. The second kappa shape index (κ2) is 6.44. The van der Waals surface area contributed by atoms with Gasteiger partial charge in [-0.25, -0.2) is 0 Å². The molecule has 1 heterocycles. The van der Waals surface area contributed by atoms with E-state index < -0.39 is 0 Å². The van der Waals surface area contributed by atoms with Gasteiger partial charge in [-0.05, 0) is 52.1 Å². The first kappa shape index (κ1) is 15.1. The van der Waals surface area contributed by atoms with E-state index in [0.29, 0.717) is 23.8 Å². The van der Waals surface area contributed by atoms with Crippen molar-refractivity contribution in [2.24, 2.45) is 11.7 Å². The van der Waals surface area contributed by atoms with Crippen LogP contribution in [0.5, 0.6) is 0 Å². The van der Waals surface area contributed by atoms with Crippen LogP contribution in [0.25, 0.3) is 0 Å². The van der Waals surface area contributed by atoms with E-state index in [1.54, 1.807) is 0 Å². The Kier molecular flexibility index (Phi) is 4.86. The van der Waals surface area contributed by atoms with Gasteiger partial charge in [-0.15, -0.1) is 0 Å². The second-order valence-electron chi connectivity index (χ2n) is 5.77. The standard InChI is InChI=1S/C16H26N2O2/c1-4-18(15-8-6-5-7-13(15)10-17)16(19)14-9-11(2)20-12(14)3/h9,13,15H,4-8,10,17H2,1-3H3. The molecule has 0 aromatic carbocycles. The van der Waals surface area contributed by atoms with Gasteiger partial charge in [0.15, 0.2) is 0 Å². The number of hydrogen-bond donors (Lipinski definition) is 1. The molecule has 0 bridgehead atoms. The highest BCUT2D eigenvalue weighted by Gasteiger charge is 2.32. The number of carbonyl (C=O) groups excluding carboxylic acids is 1. The predicted molar refractivity (Wildman–Crippen MR) is 79.7 cm³/mol. The molecule has 0 saturated heterocycles. The quantitative estimate of drug-likeness (QED) is 0.921. The van der Waals surface area contributed by atoms with E-state index in [2.05, 4.69) is 0 Å². The van der Waals surface area contributed by atoms with E-state index in [1.165, 1.54) is 12.8 Å². The fourth-order valence-electron chi connectivity index (χ4n) is 3.40. The van der Waals surface area contributed by atoms with Gasteiger partial charge in [0, 0.05) is 12.6 Å². The zero-order valence-electron chi connectivity index (χ0n) is 12.8. The van der Waals surface area contributed by atoms with E-state index in [1.807, 2.05) is 31.7 Å². The van der Waals surface area contributed by atoms with Crippen molar-refractivity contribution in [2.45, 2.75) is 52.5 Å². The lowest BCUT2D eigenvalue weighted by Gasteiger charge is -2.39. The molecule has 0 aliphatic heterocycles. The van der Waals surface area contributed by atoms with Gasteiger partial charge in [0.25, 0.3) is 5.91 Å². The molecule has 2 unspecified atom stereocenters. The third kappa shape index (κ3) is 2.90. The molecule has 1 aliphatic carbocycles. The minimum atomic E-state index is 0.0900. The summed E-state index contributed by atoms with van der Waals surface area (Å²) in [5, 5.41) is 0. The van der Waals surface area contributed by atoms with Crippen LogP contribution < -0.4 is 5.73 Å². The molecule has 2 N–H and O–H groups in total. The highest BCUT2D eigenvalue weighted by molar-refractivity contribution is 5.95. The molecule has 0 radical (unpaired) electrons. The lowest BCUT2D eigenvalue weighted by molar-refractivity contribution is 0.0558. The van der Waals surface area contributed by atoms with Crippen LogP contribution in [-0.2, 0) is 0 Å². The van der Waals surface area contributed by atoms with Crippen molar-refractivity contribution >= 4 is 5.91 Å². The van der Waals surface area contributed by atoms with Crippen LogP contribution in [0.4, 0.5) is 0 Å². The number of hydrogen-bond acceptors (Lipinski definition) is 3. The summed E-state index contributed by atoms with van der Waals surface area (Å²) in [6, 6.07) is 2.13. The zero-order valence-corrected chi connectivity index (χ0v) is 12.8. The smallest absolute Gasteiger partial charge is 0.257 e. The van der Waals surface area contributed by atoms with Crippen molar-refractivity contribution in [1.82, 2.24) is 4.90 Å². The van der Waals surface area contributed by atoms with Gasteiger partial charge >= 0.3 is 0 Å². The molecule has 0 spiro atoms. The first-order valence-corrected chi connectivity index (χ1v) is 7.66. The van der Waals surface area contributed by atoms with E-state index >= 15 is 0 Å². The average Bonchev–Trinajstić information content (AvgIpc) is 2.79. The number of nitrogens with two attached hydrogens (primary N) is 1. The maximum atomic E-state index is 12.8. The zero-order chi connectivity index (χ0) is 14.7. The normalized spacial score (nSPS) is 22.8. The highest BCUT2D eigenvalue weighted by Crippen LogP contribution is 2.29. The topological polar surface area (TPSA) is 59.5 Å².